The Morgan fingerprint density at radius 3 is 2.75 bits per heavy atom. The summed E-state index contributed by atoms with van der Waals surface area (Å²) in [4.78, 5) is 11.7. The van der Waals surface area contributed by atoms with E-state index in [0.29, 0.717) is 5.01 Å². The number of nitrogens with two attached hydrogens (primary N) is 1. The first kappa shape index (κ1) is 12.9. The molecule has 0 radical (unpaired) electrons. The second-order valence-corrected chi connectivity index (χ2v) is 3.92. The summed E-state index contributed by atoms with van der Waals surface area (Å²) in [6, 6.07) is 3.53. The Kier molecular flexibility index (Phi) is 4.22. The van der Waals surface area contributed by atoms with Crippen molar-refractivity contribution in [2.24, 2.45) is 5.84 Å². The third kappa shape index (κ3) is 2.69. The Labute approximate surface area is 103 Å². The normalized spacial score (nSPS) is 9.75. The zero-order chi connectivity index (χ0) is 12.3. The molecule has 0 bridgehead atoms. The van der Waals surface area contributed by atoms with Gasteiger partial charge in [0.15, 0.2) is 4.32 Å². The maximum absolute atomic E-state index is 13.0. The van der Waals surface area contributed by atoms with Gasteiger partial charge in [0.05, 0.1) is 12.7 Å². The number of carbonyl (C=O) groups excluding carboxylic acids is 1. The standard InChI is InChI=1S/C9H9FN2O2S2/c1-14-7-3-2-5(10)4-6(7)8(13)12(11)9(15)16/h2-4H,11H2,1H3,(H,15,16). The molecule has 0 saturated carbocycles. The van der Waals surface area contributed by atoms with Crippen molar-refractivity contribution in [3.05, 3.63) is 29.6 Å². The van der Waals surface area contributed by atoms with E-state index < -0.39 is 11.7 Å². The van der Waals surface area contributed by atoms with Crippen LogP contribution in [-0.4, -0.2) is 22.3 Å². The van der Waals surface area contributed by atoms with Crippen LogP contribution < -0.4 is 10.6 Å². The van der Waals surface area contributed by atoms with E-state index in [1.807, 2.05) is 0 Å². The van der Waals surface area contributed by atoms with Crippen molar-refractivity contribution in [1.82, 2.24) is 5.01 Å². The van der Waals surface area contributed by atoms with Gasteiger partial charge in [-0.05, 0) is 18.2 Å². The van der Waals surface area contributed by atoms with E-state index in [0.717, 1.165) is 6.07 Å². The van der Waals surface area contributed by atoms with Crippen molar-refractivity contribution in [2.75, 3.05) is 7.11 Å². The minimum atomic E-state index is -0.684. The van der Waals surface area contributed by atoms with Crippen molar-refractivity contribution in [2.45, 2.75) is 0 Å². The van der Waals surface area contributed by atoms with Crippen LogP contribution in [0.5, 0.6) is 5.75 Å². The molecule has 0 atom stereocenters. The molecule has 86 valence electrons. The smallest absolute Gasteiger partial charge is 0.277 e. The van der Waals surface area contributed by atoms with Gasteiger partial charge in [-0.2, -0.15) is 0 Å². The number of hydrogen-bond donors (Lipinski definition) is 2. The Hall–Kier alpha value is -1.18. The summed E-state index contributed by atoms with van der Waals surface area (Å²) in [5.74, 6) is 4.32. The van der Waals surface area contributed by atoms with E-state index in [9.17, 15) is 9.18 Å². The number of rotatable bonds is 2. The van der Waals surface area contributed by atoms with Gasteiger partial charge in [-0.25, -0.2) is 15.2 Å². The van der Waals surface area contributed by atoms with Gasteiger partial charge in [0, 0.05) is 0 Å². The van der Waals surface area contributed by atoms with E-state index in [1.54, 1.807) is 0 Å². The Morgan fingerprint density at radius 1 is 1.62 bits per heavy atom. The molecule has 0 unspecified atom stereocenters. The summed E-state index contributed by atoms with van der Waals surface area (Å²) in [7, 11) is 1.36. The lowest BCUT2D eigenvalue weighted by atomic mass is 10.2. The molecule has 0 heterocycles. The Balaban J connectivity index is 3.16. The predicted octanol–water partition coefficient (Wildman–Crippen LogP) is 1.36. The first-order chi connectivity index (χ1) is 7.47. The number of thiol groups is 1. The number of thiocarbonyl (C=S) groups is 1. The number of hydrogen-bond acceptors (Lipinski definition) is 4. The molecule has 16 heavy (non-hydrogen) atoms. The summed E-state index contributed by atoms with van der Waals surface area (Å²) in [6.45, 7) is 0. The lowest BCUT2D eigenvalue weighted by molar-refractivity contribution is 0.0849. The van der Waals surface area contributed by atoms with Crippen LogP contribution in [0.3, 0.4) is 0 Å². The summed E-state index contributed by atoms with van der Waals surface area (Å²) in [6.07, 6.45) is 0. The van der Waals surface area contributed by atoms with Crippen LogP contribution in [-0.2, 0) is 0 Å². The van der Waals surface area contributed by atoms with Gasteiger partial charge in [0.25, 0.3) is 5.91 Å². The molecule has 7 heteroatoms. The van der Waals surface area contributed by atoms with E-state index in [-0.39, 0.29) is 15.6 Å². The summed E-state index contributed by atoms with van der Waals surface area (Å²) >= 11 is 8.37. The van der Waals surface area contributed by atoms with Gasteiger partial charge < -0.3 is 4.74 Å². The zero-order valence-electron chi connectivity index (χ0n) is 8.31. The molecule has 0 aliphatic rings. The molecule has 1 rings (SSSR count). The lowest BCUT2D eigenvalue weighted by Gasteiger charge is -2.15. The number of ether oxygens (including phenoxy) is 1. The van der Waals surface area contributed by atoms with Gasteiger partial charge in [0.1, 0.15) is 11.6 Å². The minimum absolute atomic E-state index is 0.0126. The summed E-state index contributed by atoms with van der Waals surface area (Å²) in [5.41, 5.74) is -0.0126. The maximum Gasteiger partial charge on any atom is 0.277 e. The van der Waals surface area contributed by atoms with Gasteiger partial charge in [0.2, 0.25) is 0 Å². The summed E-state index contributed by atoms with van der Waals surface area (Å²) in [5, 5.41) is 0.635. The molecular formula is C9H9FN2O2S2. The van der Waals surface area contributed by atoms with Crippen LogP contribution >= 0.6 is 24.8 Å². The number of nitrogens with zero attached hydrogens (tertiary/aromatic N) is 1. The highest BCUT2D eigenvalue weighted by atomic mass is 32.1. The van der Waals surface area contributed by atoms with Crippen LogP contribution in [0.4, 0.5) is 4.39 Å². The number of methoxy groups -OCH3 is 1. The number of carbonyl (C=O) groups is 1. The van der Waals surface area contributed by atoms with Crippen LogP contribution in [0.1, 0.15) is 10.4 Å². The fraction of sp³-hybridized carbons (Fsp3) is 0.111. The van der Waals surface area contributed by atoms with E-state index in [4.69, 9.17) is 10.6 Å². The molecule has 0 aliphatic heterocycles. The molecule has 0 fully saturated rings. The largest absolute Gasteiger partial charge is 0.496 e. The number of benzene rings is 1. The molecule has 0 aliphatic carbocycles. The van der Waals surface area contributed by atoms with Gasteiger partial charge in [-0.1, -0.05) is 12.2 Å². The fourth-order valence-electron chi connectivity index (χ4n) is 1.06. The minimum Gasteiger partial charge on any atom is -0.496 e. The monoisotopic (exact) mass is 260 g/mol. The van der Waals surface area contributed by atoms with Crippen molar-refractivity contribution in [3.63, 3.8) is 0 Å². The Morgan fingerprint density at radius 2 is 2.25 bits per heavy atom. The highest BCUT2D eigenvalue weighted by Crippen LogP contribution is 2.20. The van der Waals surface area contributed by atoms with Crippen molar-refractivity contribution in [1.29, 1.82) is 0 Å². The van der Waals surface area contributed by atoms with Gasteiger partial charge in [-0.3, -0.25) is 4.79 Å². The third-order valence-corrected chi connectivity index (χ3v) is 2.23. The zero-order valence-corrected chi connectivity index (χ0v) is 10.0. The average molecular weight is 260 g/mol. The highest BCUT2D eigenvalue weighted by Gasteiger charge is 2.19. The van der Waals surface area contributed by atoms with E-state index in [2.05, 4.69) is 24.8 Å². The lowest BCUT2D eigenvalue weighted by Crippen LogP contribution is -2.39. The van der Waals surface area contributed by atoms with Crippen molar-refractivity contribution < 1.29 is 13.9 Å². The number of amides is 1. The summed E-state index contributed by atoms with van der Waals surface area (Å²) < 4.78 is 17.8. The highest BCUT2D eigenvalue weighted by molar-refractivity contribution is 8.11. The first-order valence-electron chi connectivity index (χ1n) is 4.13. The van der Waals surface area contributed by atoms with Crippen LogP contribution in [0.25, 0.3) is 0 Å². The van der Waals surface area contributed by atoms with Crippen molar-refractivity contribution >= 4 is 35.1 Å². The molecular weight excluding hydrogens is 251 g/mol. The quantitative estimate of drug-likeness (QED) is 0.277. The third-order valence-electron chi connectivity index (χ3n) is 1.82. The predicted molar refractivity (Wildman–Crippen MR) is 64.9 cm³/mol. The molecule has 0 spiro atoms. The molecule has 2 N–H and O–H groups in total. The molecule has 0 saturated heterocycles. The second kappa shape index (κ2) is 5.24. The molecule has 1 aromatic rings. The molecule has 4 nitrogen and oxygen atoms in total. The number of hydrazine groups is 1. The average Bonchev–Trinajstić information content (AvgIpc) is 2.26. The first-order valence-corrected chi connectivity index (χ1v) is 4.98. The molecule has 1 aromatic carbocycles. The van der Waals surface area contributed by atoms with E-state index in [1.165, 1.54) is 19.2 Å². The van der Waals surface area contributed by atoms with E-state index >= 15 is 0 Å². The second-order valence-electron chi connectivity index (χ2n) is 2.80. The van der Waals surface area contributed by atoms with Crippen LogP contribution in [0, 0.1) is 5.82 Å². The van der Waals surface area contributed by atoms with Crippen LogP contribution in [0.15, 0.2) is 18.2 Å². The van der Waals surface area contributed by atoms with Crippen LogP contribution in [0.2, 0.25) is 0 Å². The topological polar surface area (TPSA) is 55.6 Å². The Bertz CT molecular complexity index is 440. The fourth-order valence-corrected chi connectivity index (χ4v) is 1.24. The maximum atomic E-state index is 13.0. The van der Waals surface area contributed by atoms with Crippen molar-refractivity contribution in [3.8, 4) is 5.75 Å². The molecule has 0 aromatic heterocycles. The molecule has 1 amide bonds. The van der Waals surface area contributed by atoms with Gasteiger partial charge >= 0.3 is 0 Å². The SMILES string of the molecule is COc1ccc(F)cc1C(=O)N(N)C(=S)S. The van der Waals surface area contributed by atoms with Gasteiger partial charge in [-0.15, -0.1) is 12.6 Å². The number of halogens is 1.